The van der Waals surface area contributed by atoms with E-state index >= 15 is 0 Å². The molecule has 0 spiro atoms. The van der Waals surface area contributed by atoms with Crippen LogP contribution in [0.4, 0.5) is 5.69 Å². The number of hydrogen-bond acceptors (Lipinski definition) is 6. The first-order chi connectivity index (χ1) is 11.5. The van der Waals surface area contributed by atoms with E-state index in [1.54, 1.807) is 30.3 Å². The van der Waals surface area contributed by atoms with Crippen LogP contribution in [0, 0.1) is 10.1 Å². The van der Waals surface area contributed by atoms with Gasteiger partial charge in [0.1, 0.15) is 6.61 Å². The zero-order valence-corrected chi connectivity index (χ0v) is 13.4. The highest BCUT2D eigenvalue weighted by molar-refractivity contribution is 6.00. The molecular weight excluding hydrogens is 312 g/mol. The van der Waals surface area contributed by atoms with Gasteiger partial charge in [-0.1, -0.05) is 12.1 Å². The summed E-state index contributed by atoms with van der Waals surface area (Å²) in [5, 5.41) is 24.5. The van der Waals surface area contributed by atoms with E-state index in [0.717, 1.165) is 11.1 Å². The van der Waals surface area contributed by atoms with Gasteiger partial charge < -0.3 is 14.7 Å². The SMILES string of the molecule is CC/C(=N\OCc1ccc([N+](=O)[O-])cc1)c1ccc(OC)c(O)c1. The highest BCUT2D eigenvalue weighted by atomic mass is 16.6. The number of aromatic hydroxyl groups is 1. The molecule has 0 heterocycles. The smallest absolute Gasteiger partial charge is 0.269 e. The van der Waals surface area contributed by atoms with Crippen molar-refractivity contribution in [3.05, 3.63) is 63.7 Å². The van der Waals surface area contributed by atoms with Gasteiger partial charge in [0.25, 0.3) is 5.69 Å². The van der Waals surface area contributed by atoms with Crippen LogP contribution in [0.1, 0.15) is 24.5 Å². The summed E-state index contributed by atoms with van der Waals surface area (Å²) in [6.07, 6.45) is 0.617. The lowest BCUT2D eigenvalue weighted by atomic mass is 10.1. The third-order valence-corrected chi connectivity index (χ3v) is 3.40. The lowest BCUT2D eigenvalue weighted by molar-refractivity contribution is -0.384. The third kappa shape index (κ3) is 4.22. The maximum atomic E-state index is 10.6. The number of benzene rings is 2. The molecule has 0 saturated heterocycles. The van der Waals surface area contributed by atoms with Crippen molar-refractivity contribution in [3.63, 3.8) is 0 Å². The van der Waals surface area contributed by atoms with E-state index in [4.69, 9.17) is 9.57 Å². The van der Waals surface area contributed by atoms with Crippen molar-refractivity contribution in [2.45, 2.75) is 20.0 Å². The fraction of sp³-hybridized carbons (Fsp3) is 0.235. The fourth-order valence-electron chi connectivity index (χ4n) is 2.09. The Bertz CT molecular complexity index is 741. The standard InChI is InChI=1S/C17H18N2O5/c1-3-15(13-6-9-17(23-2)16(20)10-13)18-24-11-12-4-7-14(8-5-12)19(21)22/h4-10,20H,3,11H2,1-2H3/b18-15+. The second-order valence-electron chi connectivity index (χ2n) is 4.98. The zero-order valence-electron chi connectivity index (χ0n) is 13.4. The Kier molecular flexibility index (Phi) is 5.73. The zero-order chi connectivity index (χ0) is 17.5. The maximum Gasteiger partial charge on any atom is 0.269 e. The van der Waals surface area contributed by atoms with Crippen molar-refractivity contribution in [1.82, 2.24) is 0 Å². The minimum absolute atomic E-state index is 0.0326. The molecule has 2 aromatic carbocycles. The number of non-ortho nitro benzene ring substituents is 1. The highest BCUT2D eigenvalue weighted by Crippen LogP contribution is 2.27. The molecule has 0 bridgehead atoms. The summed E-state index contributed by atoms with van der Waals surface area (Å²) in [5.41, 5.74) is 2.22. The van der Waals surface area contributed by atoms with E-state index in [9.17, 15) is 15.2 Å². The summed E-state index contributed by atoms with van der Waals surface area (Å²) in [4.78, 5) is 15.5. The summed E-state index contributed by atoms with van der Waals surface area (Å²) in [7, 11) is 1.48. The molecule has 2 aromatic rings. The van der Waals surface area contributed by atoms with Crippen LogP contribution < -0.4 is 4.74 Å². The summed E-state index contributed by atoms with van der Waals surface area (Å²) < 4.78 is 5.01. The number of ether oxygens (including phenoxy) is 1. The summed E-state index contributed by atoms with van der Waals surface area (Å²) in [6, 6.07) is 11.1. The van der Waals surface area contributed by atoms with Crippen molar-refractivity contribution in [1.29, 1.82) is 0 Å². The Balaban J connectivity index is 2.05. The van der Waals surface area contributed by atoms with Gasteiger partial charge in [0.05, 0.1) is 17.7 Å². The Hall–Kier alpha value is -3.09. The van der Waals surface area contributed by atoms with Crippen molar-refractivity contribution in [2.24, 2.45) is 5.16 Å². The van der Waals surface area contributed by atoms with Gasteiger partial charge in [-0.15, -0.1) is 0 Å². The molecule has 0 aliphatic heterocycles. The Morgan fingerprint density at radius 2 is 1.96 bits per heavy atom. The number of phenols is 1. The van der Waals surface area contributed by atoms with Crippen molar-refractivity contribution in [3.8, 4) is 11.5 Å². The number of phenolic OH excluding ortho intramolecular Hbond substituents is 1. The van der Waals surface area contributed by atoms with Gasteiger partial charge in [-0.3, -0.25) is 10.1 Å². The van der Waals surface area contributed by atoms with Crippen LogP contribution in [-0.4, -0.2) is 22.9 Å². The van der Waals surface area contributed by atoms with Crippen molar-refractivity contribution in [2.75, 3.05) is 7.11 Å². The predicted molar refractivity (Wildman–Crippen MR) is 89.4 cm³/mol. The second-order valence-corrected chi connectivity index (χ2v) is 4.98. The molecule has 7 heteroatoms. The molecule has 1 N–H and O–H groups in total. The average Bonchev–Trinajstić information content (AvgIpc) is 2.59. The molecule has 0 aliphatic rings. The predicted octanol–water partition coefficient (Wildman–Crippen LogP) is 3.64. The van der Waals surface area contributed by atoms with Crippen LogP contribution in [0.25, 0.3) is 0 Å². The first kappa shape index (κ1) is 17.3. The van der Waals surface area contributed by atoms with Crippen LogP contribution >= 0.6 is 0 Å². The minimum atomic E-state index is -0.450. The Morgan fingerprint density at radius 1 is 1.25 bits per heavy atom. The van der Waals surface area contributed by atoms with Crippen LogP contribution in [0.3, 0.4) is 0 Å². The number of nitro benzene ring substituents is 1. The van der Waals surface area contributed by atoms with E-state index < -0.39 is 4.92 Å². The first-order valence-electron chi connectivity index (χ1n) is 7.34. The maximum absolute atomic E-state index is 10.6. The molecule has 0 atom stereocenters. The molecule has 0 aliphatic carbocycles. The fourth-order valence-corrected chi connectivity index (χ4v) is 2.09. The Morgan fingerprint density at radius 3 is 2.50 bits per heavy atom. The van der Waals surface area contributed by atoms with E-state index in [1.165, 1.54) is 19.2 Å². The van der Waals surface area contributed by atoms with E-state index in [2.05, 4.69) is 5.16 Å². The third-order valence-electron chi connectivity index (χ3n) is 3.40. The summed E-state index contributed by atoms with van der Waals surface area (Å²) in [5.74, 6) is 0.424. The monoisotopic (exact) mass is 330 g/mol. The van der Waals surface area contributed by atoms with Gasteiger partial charge in [-0.2, -0.15) is 0 Å². The van der Waals surface area contributed by atoms with Crippen molar-refractivity contribution < 1.29 is 19.6 Å². The molecule has 24 heavy (non-hydrogen) atoms. The average molecular weight is 330 g/mol. The molecule has 0 radical (unpaired) electrons. The van der Waals surface area contributed by atoms with Gasteiger partial charge in [0.2, 0.25) is 0 Å². The first-order valence-corrected chi connectivity index (χ1v) is 7.34. The Labute approximate surface area is 139 Å². The van der Waals surface area contributed by atoms with Gasteiger partial charge in [-0.25, -0.2) is 0 Å². The molecule has 0 aromatic heterocycles. The quantitative estimate of drug-likeness (QED) is 0.475. The molecule has 0 saturated carbocycles. The number of hydrogen-bond donors (Lipinski definition) is 1. The van der Waals surface area contributed by atoms with E-state index in [1.807, 2.05) is 6.92 Å². The lowest BCUT2D eigenvalue weighted by Gasteiger charge is -2.08. The van der Waals surface area contributed by atoms with Crippen LogP contribution in [0.2, 0.25) is 0 Å². The van der Waals surface area contributed by atoms with Crippen LogP contribution in [0.5, 0.6) is 11.5 Å². The van der Waals surface area contributed by atoms with Crippen LogP contribution in [0.15, 0.2) is 47.6 Å². The highest BCUT2D eigenvalue weighted by Gasteiger charge is 2.08. The topological polar surface area (TPSA) is 94.2 Å². The van der Waals surface area contributed by atoms with Gasteiger partial charge in [0, 0.05) is 17.7 Å². The number of oxime groups is 1. The molecule has 0 unspecified atom stereocenters. The molecule has 2 rings (SSSR count). The van der Waals surface area contributed by atoms with E-state index in [-0.39, 0.29) is 18.0 Å². The molecule has 0 fully saturated rings. The minimum Gasteiger partial charge on any atom is -0.504 e. The molecule has 126 valence electrons. The molecule has 0 amide bonds. The van der Waals surface area contributed by atoms with Gasteiger partial charge in [0.15, 0.2) is 11.5 Å². The lowest BCUT2D eigenvalue weighted by Crippen LogP contribution is -2.01. The summed E-state index contributed by atoms with van der Waals surface area (Å²) >= 11 is 0. The van der Waals surface area contributed by atoms with Gasteiger partial charge in [-0.05, 0) is 42.3 Å². The largest absolute Gasteiger partial charge is 0.504 e. The number of nitrogens with zero attached hydrogens (tertiary/aromatic N) is 2. The number of methoxy groups -OCH3 is 1. The number of nitro groups is 1. The molecule has 7 nitrogen and oxygen atoms in total. The summed E-state index contributed by atoms with van der Waals surface area (Å²) in [6.45, 7) is 2.12. The van der Waals surface area contributed by atoms with E-state index in [0.29, 0.717) is 17.9 Å². The second kappa shape index (κ2) is 7.96. The van der Waals surface area contributed by atoms with Gasteiger partial charge >= 0.3 is 0 Å². The number of rotatable bonds is 7. The molecular formula is C17H18N2O5. The normalized spacial score (nSPS) is 11.2. The van der Waals surface area contributed by atoms with Crippen LogP contribution in [-0.2, 0) is 11.4 Å². The van der Waals surface area contributed by atoms with Crippen molar-refractivity contribution >= 4 is 11.4 Å².